The monoisotopic (exact) mass is 214 g/mol. The molecule has 1 aromatic rings. The molecule has 2 rings (SSSR count). The van der Waals surface area contributed by atoms with Crippen LogP contribution in [0.15, 0.2) is 0 Å². The first-order valence-electron chi connectivity index (χ1n) is 5.00. The average molecular weight is 214 g/mol. The number of rotatable bonds is 1. The lowest BCUT2D eigenvalue weighted by Crippen LogP contribution is -2.34. The molecule has 4 heteroatoms. The van der Waals surface area contributed by atoms with Crippen molar-refractivity contribution in [1.29, 1.82) is 0 Å². The Morgan fingerprint density at radius 3 is 2.50 bits per heavy atom. The Kier molecular flexibility index (Phi) is 2.72. The van der Waals surface area contributed by atoms with Crippen LogP contribution in [0.25, 0.3) is 0 Å². The second-order valence-electron chi connectivity index (χ2n) is 3.77. The van der Waals surface area contributed by atoms with E-state index >= 15 is 0 Å². The Bertz CT molecular complexity index is 316. The quantitative estimate of drug-likeness (QED) is 0.714. The number of aromatic nitrogens is 1. The molecule has 2 nitrogen and oxygen atoms in total. The first-order chi connectivity index (χ1) is 6.66. The van der Waals surface area contributed by atoms with Crippen molar-refractivity contribution in [2.24, 2.45) is 0 Å². The Balaban J connectivity index is 2.11. The molecule has 0 radical (unpaired) electrons. The van der Waals surface area contributed by atoms with Crippen molar-refractivity contribution in [3.05, 3.63) is 9.88 Å². The van der Waals surface area contributed by atoms with E-state index in [0.29, 0.717) is 12.8 Å². The summed E-state index contributed by atoms with van der Waals surface area (Å²) in [6.45, 7) is 5.72. The number of anilines is 1. The third-order valence-electron chi connectivity index (χ3n) is 2.60. The highest BCUT2D eigenvalue weighted by Crippen LogP contribution is 2.27. The number of halogens is 1. The van der Waals surface area contributed by atoms with E-state index < -0.39 is 6.17 Å². The molecule has 0 aromatic carbocycles. The molecule has 1 aliphatic rings. The lowest BCUT2D eigenvalue weighted by molar-refractivity contribution is 0.276. The molecule has 1 aliphatic heterocycles. The summed E-state index contributed by atoms with van der Waals surface area (Å²) in [5, 5.41) is 1.10. The van der Waals surface area contributed by atoms with Gasteiger partial charge in [0.05, 0.1) is 5.01 Å². The van der Waals surface area contributed by atoms with Crippen LogP contribution in [0.2, 0.25) is 0 Å². The van der Waals surface area contributed by atoms with Gasteiger partial charge in [-0.1, -0.05) is 0 Å². The molecular formula is C10H15FN2S. The maximum absolute atomic E-state index is 12.9. The largest absolute Gasteiger partial charge is 0.355 e. The van der Waals surface area contributed by atoms with Gasteiger partial charge in [-0.2, -0.15) is 0 Å². The van der Waals surface area contributed by atoms with Gasteiger partial charge in [0.15, 0.2) is 0 Å². The highest BCUT2D eigenvalue weighted by atomic mass is 32.1. The van der Waals surface area contributed by atoms with Gasteiger partial charge >= 0.3 is 0 Å². The number of aryl methyl sites for hydroxylation is 2. The minimum atomic E-state index is -0.605. The fraction of sp³-hybridized carbons (Fsp3) is 0.700. The Morgan fingerprint density at radius 2 is 2.00 bits per heavy atom. The van der Waals surface area contributed by atoms with Gasteiger partial charge < -0.3 is 4.90 Å². The van der Waals surface area contributed by atoms with Gasteiger partial charge in [-0.15, -0.1) is 11.3 Å². The molecule has 1 saturated heterocycles. The summed E-state index contributed by atoms with van der Waals surface area (Å²) in [5.74, 6) is 1.07. The van der Waals surface area contributed by atoms with Crippen molar-refractivity contribution in [3.63, 3.8) is 0 Å². The maximum atomic E-state index is 12.9. The van der Waals surface area contributed by atoms with Crippen LogP contribution in [-0.4, -0.2) is 24.2 Å². The fourth-order valence-corrected chi connectivity index (χ4v) is 2.71. The van der Waals surface area contributed by atoms with Crippen LogP contribution in [0, 0.1) is 13.8 Å². The summed E-state index contributed by atoms with van der Waals surface area (Å²) in [6.07, 6.45) is 0.692. The first-order valence-corrected chi connectivity index (χ1v) is 5.81. The maximum Gasteiger partial charge on any atom is 0.142 e. The lowest BCUT2D eigenvalue weighted by atomic mass is 10.1. The van der Waals surface area contributed by atoms with E-state index in [1.54, 1.807) is 11.3 Å². The van der Waals surface area contributed by atoms with E-state index in [1.165, 1.54) is 4.88 Å². The SMILES string of the molecule is Cc1nc(N2CCC(F)CC2)c(C)s1. The van der Waals surface area contributed by atoms with Crippen molar-refractivity contribution in [2.75, 3.05) is 18.0 Å². The van der Waals surface area contributed by atoms with Crippen LogP contribution in [0.5, 0.6) is 0 Å². The predicted octanol–water partition coefficient (Wildman–Crippen LogP) is 2.70. The van der Waals surface area contributed by atoms with Gasteiger partial charge in [-0.25, -0.2) is 9.37 Å². The van der Waals surface area contributed by atoms with Crippen LogP contribution >= 0.6 is 11.3 Å². The van der Waals surface area contributed by atoms with Crippen LogP contribution in [0.3, 0.4) is 0 Å². The number of piperidine rings is 1. The highest BCUT2D eigenvalue weighted by molar-refractivity contribution is 7.12. The predicted molar refractivity (Wildman–Crippen MR) is 57.9 cm³/mol. The standard InChI is InChI=1S/C10H15FN2S/c1-7-10(12-8(2)14-7)13-5-3-9(11)4-6-13/h9H,3-6H2,1-2H3. The molecule has 0 atom stereocenters. The first kappa shape index (κ1) is 9.90. The van der Waals surface area contributed by atoms with Gasteiger partial charge in [0.25, 0.3) is 0 Å². The number of alkyl halides is 1. The zero-order chi connectivity index (χ0) is 10.1. The molecule has 1 aromatic heterocycles. The fourth-order valence-electron chi connectivity index (χ4n) is 1.87. The van der Waals surface area contributed by atoms with Crippen molar-refractivity contribution in [3.8, 4) is 0 Å². The molecule has 0 bridgehead atoms. The molecular weight excluding hydrogens is 199 g/mol. The summed E-state index contributed by atoms with van der Waals surface area (Å²) in [5.41, 5.74) is 0. The summed E-state index contributed by atoms with van der Waals surface area (Å²) in [6, 6.07) is 0. The van der Waals surface area contributed by atoms with Crippen molar-refractivity contribution in [1.82, 2.24) is 4.98 Å². The van der Waals surface area contributed by atoms with Gasteiger partial charge in [-0.3, -0.25) is 0 Å². The van der Waals surface area contributed by atoms with E-state index in [0.717, 1.165) is 23.9 Å². The van der Waals surface area contributed by atoms with Crippen molar-refractivity contribution < 1.29 is 4.39 Å². The molecule has 0 amide bonds. The molecule has 1 fully saturated rings. The molecule has 2 heterocycles. The Morgan fingerprint density at radius 1 is 1.36 bits per heavy atom. The van der Waals surface area contributed by atoms with E-state index in [2.05, 4.69) is 16.8 Å². The number of hydrogen-bond donors (Lipinski definition) is 0. The lowest BCUT2D eigenvalue weighted by Gasteiger charge is -2.29. The molecule has 14 heavy (non-hydrogen) atoms. The van der Waals surface area contributed by atoms with Crippen LogP contribution in [0.4, 0.5) is 10.2 Å². The van der Waals surface area contributed by atoms with Gasteiger partial charge in [0, 0.05) is 18.0 Å². The topological polar surface area (TPSA) is 16.1 Å². The summed E-state index contributed by atoms with van der Waals surface area (Å²) in [7, 11) is 0. The smallest absolute Gasteiger partial charge is 0.142 e. The third-order valence-corrected chi connectivity index (χ3v) is 3.48. The molecule has 0 N–H and O–H groups in total. The van der Waals surface area contributed by atoms with Crippen molar-refractivity contribution >= 4 is 17.2 Å². The molecule has 0 spiro atoms. The number of hydrogen-bond acceptors (Lipinski definition) is 3. The summed E-state index contributed by atoms with van der Waals surface area (Å²) in [4.78, 5) is 7.93. The highest BCUT2D eigenvalue weighted by Gasteiger charge is 2.21. The van der Waals surface area contributed by atoms with Crippen molar-refractivity contribution in [2.45, 2.75) is 32.9 Å². The van der Waals surface area contributed by atoms with Gasteiger partial charge in [-0.05, 0) is 26.7 Å². The number of nitrogens with zero attached hydrogens (tertiary/aromatic N) is 2. The van der Waals surface area contributed by atoms with E-state index in [9.17, 15) is 4.39 Å². The molecule has 0 saturated carbocycles. The second-order valence-corrected chi connectivity index (χ2v) is 5.18. The van der Waals surface area contributed by atoms with Gasteiger partial charge in [0.1, 0.15) is 12.0 Å². The summed E-state index contributed by atoms with van der Waals surface area (Å²) < 4.78 is 12.9. The third kappa shape index (κ3) is 1.90. The molecule has 78 valence electrons. The molecule has 0 aliphatic carbocycles. The zero-order valence-corrected chi connectivity index (χ0v) is 9.40. The van der Waals surface area contributed by atoms with Gasteiger partial charge in [0.2, 0.25) is 0 Å². The van der Waals surface area contributed by atoms with E-state index in [-0.39, 0.29) is 0 Å². The van der Waals surface area contributed by atoms with Crippen LogP contribution in [-0.2, 0) is 0 Å². The Hall–Kier alpha value is -0.640. The number of thiazole rings is 1. The zero-order valence-electron chi connectivity index (χ0n) is 8.59. The van der Waals surface area contributed by atoms with Crippen LogP contribution < -0.4 is 4.90 Å². The Labute approximate surface area is 87.8 Å². The van der Waals surface area contributed by atoms with E-state index in [4.69, 9.17) is 0 Å². The second kappa shape index (κ2) is 3.85. The normalized spacial score (nSPS) is 18.9. The minimum Gasteiger partial charge on any atom is -0.355 e. The summed E-state index contributed by atoms with van der Waals surface area (Å²) >= 11 is 1.72. The van der Waals surface area contributed by atoms with E-state index in [1.807, 2.05) is 6.92 Å². The average Bonchev–Trinajstić information content (AvgIpc) is 2.47. The molecule has 0 unspecified atom stereocenters. The minimum absolute atomic E-state index is 0.605. The van der Waals surface area contributed by atoms with Crippen LogP contribution in [0.1, 0.15) is 22.7 Å².